The third-order valence-corrected chi connectivity index (χ3v) is 7.57. The molecule has 0 bridgehead atoms. The number of rotatable bonds is 8. The molecule has 3 aromatic rings. The van der Waals surface area contributed by atoms with Crippen LogP contribution in [0.25, 0.3) is 10.2 Å². The van der Waals surface area contributed by atoms with Crippen molar-refractivity contribution in [2.24, 2.45) is 0 Å². The van der Waals surface area contributed by atoms with Gasteiger partial charge in [-0.15, -0.1) is 11.3 Å². The number of nitrogens with one attached hydrogen (secondary N) is 2. The SMILES string of the molecule is CCOC(=O)N(C)c1ccc(NC(=O)CCSCc2nc3sc4c(c3c(=O)[nH]2)CCC4)cc1. The highest BCUT2D eigenvalue weighted by Gasteiger charge is 2.21. The molecule has 0 spiro atoms. The highest BCUT2D eigenvalue weighted by molar-refractivity contribution is 7.98. The lowest BCUT2D eigenvalue weighted by Gasteiger charge is -2.16. The Morgan fingerprint density at radius 3 is 2.82 bits per heavy atom. The van der Waals surface area contributed by atoms with Gasteiger partial charge in [0.05, 0.1) is 17.7 Å². The van der Waals surface area contributed by atoms with E-state index >= 15 is 0 Å². The molecule has 0 saturated carbocycles. The molecular formula is C23H26N4O4S2. The third kappa shape index (κ3) is 5.39. The van der Waals surface area contributed by atoms with Crippen molar-refractivity contribution in [1.82, 2.24) is 9.97 Å². The lowest BCUT2D eigenvalue weighted by atomic mass is 10.2. The van der Waals surface area contributed by atoms with Gasteiger partial charge in [-0.1, -0.05) is 0 Å². The smallest absolute Gasteiger partial charge is 0.413 e. The van der Waals surface area contributed by atoms with Gasteiger partial charge in [-0.2, -0.15) is 11.8 Å². The topological polar surface area (TPSA) is 104 Å². The van der Waals surface area contributed by atoms with Crippen molar-refractivity contribution >= 4 is 56.7 Å². The van der Waals surface area contributed by atoms with Crippen LogP contribution >= 0.6 is 23.1 Å². The van der Waals surface area contributed by atoms with Crippen molar-refractivity contribution in [3.8, 4) is 0 Å². The van der Waals surface area contributed by atoms with Crippen LogP contribution in [0.5, 0.6) is 0 Å². The molecule has 0 radical (unpaired) electrons. The molecule has 33 heavy (non-hydrogen) atoms. The maximum atomic E-state index is 12.5. The third-order valence-electron chi connectivity index (χ3n) is 5.42. The van der Waals surface area contributed by atoms with Crippen LogP contribution in [0.2, 0.25) is 0 Å². The van der Waals surface area contributed by atoms with Crippen molar-refractivity contribution in [2.75, 3.05) is 29.6 Å². The summed E-state index contributed by atoms with van der Waals surface area (Å²) in [5.41, 5.74) is 2.47. The molecule has 2 aromatic heterocycles. The zero-order chi connectivity index (χ0) is 23.4. The van der Waals surface area contributed by atoms with Crippen molar-refractivity contribution in [3.05, 3.63) is 50.9 Å². The average Bonchev–Trinajstić information content (AvgIpc) is 3.38. The van der Waals surface area contributed by atoms with Gasteiger partial charge in [0.15, 0.2) is 0 Å². The van der Waals surface area contributed by atoms with Gasteiger partial charge in [-0.3, -0.25) is 14.5 Å². The van der Waals surface area contributed by atoms with Gasteiger partial charge in [0.25, 0.3) is 5.56 Å². The molecule has 1 aromatic carbocycles. The van der Waals surface area contributed by atoms with E-state index in [0.717, 1.165) is 29.5 Å². The molecule has 0 unspecified atom stereocenters. The standard InChI is InChI=1S/C23H26N4O4S2/c1-3-31-23(30)27(2)15-9-7-14(8-10-15)24-19(28)11-12-32-13-18-25-21(29)20-16-5-4-6-17(16)33-22(20)26-18/h7-10H,3-6,11-13H2,1-2H3,(H,24,28)(H,25,26,29). The first-order chi connectivity index (χ1) is 16.0. The van der Waals surface area contributed by atoms with E-state index in [2.05, 4.69) is 15.3 Å². The number of aromatic amines is 1. The van der Waals surface area contributed by atoms with Gasteiger partial charge in [-0.25, -0.2) is 9.78 Å². The summed E-state index contributed by atoms with van der Waals surface area (Å²) in [5, 5.41) is 3.62. The monoisotopic (exact) mass is 486 g/mol. The minimum absolute atomic E-state index is 0.0511. The van der Waals surface area contributed by atoms with E-state index in [-0.39, 0.29) is 11.5 Å². The average molecular weight is 487 g/mol. The number of amides is 2. The predicted octanol–water partition coefficient (Wildman–Crippen LogP) is 4.33. The molecule has 8 nitrogen and oxygen atoms in total. The number of H-pyrrole nitrogens is 1. The minimum atomic E-state index is -0.426. The second kappa shape index (κ2) is 10.4. The summed E-state index contributed by atoms with van der Waals surface area (Å²) in [6.07, 6.45) is 3.04. The molecule has 1 aliphatic carbocycles. The number of aryl methyl sites for hydroxylation is 2. The fourth-order valence-corrected chi connectivity index (χ4v) is 5.85. The summed E-state index contributed by atoms with van der Waals surface area (Å²) in [6.45, 7) is 2.07. The fourth-order valence-electron chi connectivity index (χ4n) is 3.77. The lowest BCUT2D eigenvalue weighted by molar-refractivity contribution is -0.115. The molecule has 2 amide bonds. The Kier molecular flexibility index (Phi) is 7.34. The van der Waals surface area contributed by atoms with Crippen LogP contribution in [0.1, 0.15) is 36.0 Å². The number of carbonyl (C=O) groups excluding carboxylic acids is 2. The molecule has 0 atom stereocenters. The molecule has 0 fully saturated rings. The fraction of sp³-hybridized carbons (Fsp3) is 0.391. The number of aromatic nitrogens is 2. The molecule has 0 saturated heterocycles. The Bertz CT molecular complexity index is 1220. The Balaban J connectivity index is 1.24. The number of ether oxygens (including phenoxy) is 1. The maximum Gasteiger partial charge on any atom is 0.413 e. The van der Waals surface area contributed by atoms with E-state index in [1.54, 1.807) is 61.3 Å². The second-order valence-electron chi connectivity index (χ2n) is 7.71. The second-order valence-corrected chi connectivity index (χ2v) is 9.89. The number of hydrogen-bond donors (Lipinski definition) is 2. The molecule has 10 heteroatoms. The number of anilines is 2. The van der Waals surface area contributed by atoms with Gasteiger partial charge < -0.3 is 15.0 Å². The van der Waals surface area contributed by atoms with Gasteiger partial charge in [0.2, 0.25) is 5.91 Å². The first-order valence-corrected chi connectivity index (χ1v) is 12.8. The van der Waals surface area contributed by atoms with Crippen LogP contribution < -0.4 is 15.8 Å². The van der Waals surface area contributed by atoms with E-state index in [1.165, 1.54) is 15.3 Å². The van der Waals surface area contributed by atoms with E-state index in [0.29, 0.717) is 41.7 Å². The number of hydrogen-bond acceptors (Lipinski definition) is 7. The highest BCUT2D eigenvalue weighted by Crippen LogP contribution is 2.34. The maximum absolute atomic E-state index is 12.5. The van der Waals surface area contributed by atoms with Crippen LogP contribution in [0.15, 0.2) is 29.1 Å². The van der Waals surface area contributed by atoms with Crippen molar-refractivity contribution < 1.29 is 14.3 Å². The molecule has 174 valence electrons. The van der Waals surface area contributed by atoms with Crippen LogP contribution in [0.4, 0.5) is 16.2 Å². The van der Waals surface area contributed by atoms with Gasteiger partial charge in [0.1, 0.15) is 10.7 Å². The minimum Gasteiger partial charge on any atom is -0.449 e. The number of thioether (sulfide) groups is 1. The summed E-state index contributed by atoms with van der Waals surface area (Å²) in [5.74, 6) is 1.72. The number of thiophene rings is 1. The summed E-state index contributed by atoms with van der Waals surface area (Å²) in [6, 6.07) is 7.00. The molecule has 4 rings (SSSR count). The summed E-state index contributed by atoms with van der Waals surface area (Å²) < 4.78 is 4.97. The van der Waals surface area contributed by atoms with Crippen LogP contribution in [-0.2, 0) is 28.1 Å². The predicted molar refractivity (Wildman–Crippen MR) is 134 cm³/mol. The highest BCUT2D eigenvalue weighted by atomic mass is 32.2. The summed E-state index contributed by atoms with van der Waals surface area (Å²) >= 11 is 3.19. The van der Waals surface area contributed by atoms with E-state index in [1.807, 2.05) is 0 Å². The number of benzene rings is 1. The summed E-state index contributed by atoms with van der Waals surface area (Å²) in [7, 11) is 1.63. The molecule has 0 aliphatic heterocycles. The van der Waals surface area contributed by atoms with Gasteiger partial charge in [0, 0.05) is 35.5 Å². The largest absolute Gasteiger partial charge is 0.449 e. The normalized spacial score (nSPS) is 12.5. The van der Waals surface area contributed by atoms with Gasteiger partial charge >= 0.3 is 6.09 Å². The Labute approximate surface area is 199 Å². The molecule has 1 aliphatic rings. The molecule has 2 N–H and O–H groups in total. The van der Waals surface area contributed by atoms with Crippen LogP contribution in [0.3, 0.4) is 0 Å². The molecular weight excluding hydrogens is 460 g/mol. The van der Waals surface area contributed by atoms with E-state index < -0.39 is 6.09 Å². The van der Waals surface area contributed by atoms with Crippen molar-refractivity contribution in [2.45, 2.75) is 38.4 Å². The van der Waals surface area contributed by atoms with Crippen LogP contribution in [0, 0.1) is 0 Å². The zero-order valence-corrected chi connectivity index (χ0v) is 20.2. The summed E-state index contributed by atoms with van der Waals surface area (Å²) in [4.78, 5) is 47.6. The van der Waals surface area contributed by atoms with Gasteiger partial charge in [-0.05, 0) is 56.0 Å². The first kappa shape index (κ1) is 23.3. The number of nitrogens with zero attached hydrogens (tertiary/aromatic N) is 2. The van der Waals surface area contributed by atoms with Crippen molar-refractivity contribution in [1.29, 1.82) is 0 Å². The van der Waals surface area contributed by atoms with Crippen molar-refractivity contribution in [3.63, 3.8) is 0 Å². The van der Waals surface area contributed by atoms with Crippen LogP contribution in [-0.4, -0.2) is 41.4 Å². The lowest BCUT2D eigenvalue weighted by Crippen LogP contribution is -2.26. The first-order valence-electron chi connectivity index (χ1n) is 10.9. The number of carbonyl (C=O) groups is 2. The van der Waals surface area contributed by atoms with E-state index in [4.69, 9.17) is 4.74 Å². The molecule has 2 heterocycles. The Morgan fingerprint density at radius 1 is 1.27 bits per heavy atom. The quantitative estimate of drug-likeness (QED) is 0.459. The number of fused-ring (bicyclic) bond motifs is 3. The Morgan fingerprint density at radius 2 is 2.06 bits per heavy atom. The zero-order valence-electron chi connectivity index (χ0n) is 18.6. The Hall–Kier alpha value is -2.85. The van der Waals surface area contributed by atoms with E-state index in [9.17, 15) is 14.4 Å².